The first-order chi connectivity index (χ1) is 8.40. The Morgan fingerprint density at radius 1 is 1.28 bits per heavy atom. The van der Waals surface area contributed by atoms with Gasteiger partial charge in [0.1, 0.15) is 6.04 Å². The molecule has 0 radical (unpaired) electrons. The van der Waals surface area contributed by atoms with E-state index in [1.807, 2.05) is 45.0 Å². The van der Waals surface area contributed by atoms with Crippen molar-refractivity contribution < 1.29 is 9.90 Å². The van der Waals surface area contributed by atoms with E-state index in [1.54, 1.807) is 0 Å². The Kier molecular flexibility index (Phi) is 5.63. The fourth-order valence-corrected chi connectivity index (χ4v) is 1.99. The average molecular weight is 270 g/mol. The number of carboxylic acid groups (broad SMARTS) is 1. The van der Waals surface area contributed by atoms with Crippen molar-refractivity contribution >= 4 is 17.6 Å². The van der Waals surface area contributed by atoms with Crippen LogP contribution in [-0.2, 0) is 4.79 Å². The molecule has 3 nitrogen and oxygen atoms in total. The van der Waals surface area contributed by atoms with E-state index in [-0.39, 0.29) is 6.04 Å². The molecule has 0 aromatic heterocycles. The topological polar surface area (TPSA) is 49.3 Å². The quantitative estimate of drug-likeness (QED) is 0.831. The van der Waals surface area contributed by atoms with Crippen LogP contribution in [0.2, 0.25) is 5.02 Å². The van der Waals surface area contributed by atoms with Gasteiger partial charge >= 0.3 is 5.97 Å². The van der Waals surface area contributed by atoms with Crippen LogP contribution in [0.5, 0.6) is 0 Å². The number of carbonyl (C=O) groups is 1. The molecule has 0 aliphatic rings. The standard InChI is InChI=1S/C14H20ClNO2/c1-9(2)8-13(14(17)18)16-10(3)11-4-6-12(15)7-5-11/h4-7,9-10,13,16H,8H2,1-3H3,(H,17,18). The highest BCUT2D eigenvalue weighted by atomic mass is 35.5. The van der Waals surface area contributed by atoms with Gasteiger partial charge in [-0.2, -0.15) is 0 Å². The van der Waals surface area contributed by atoms with Gasteiger partial charge in [-0.1, -0.05) is 37.6 Å². The molecule has 18 heavy (non-hydrogen) atoms. The van der Waals surface area contributed by atoms with Crippen molar-refractivity contribution in [3.05, 3.63) is 34.9 Å². The molecule has 0 aliphatic heterocycles. The second-order valence-electron chi connectivity index (χ2n) is 4.96. The Hall–Kier alpha value is -1.06. The lowest BCUT2D eigenvalue weighted by atomic mass is 10.0. The summed E-state index contributed by atoms with van der Waals surface area (Å²) >= 11 is 5.83. The number of hydrogen-bond donors (Lipinski definition) is 2. The molecule has 0 bridgehead atoms. The van der Waals surface area contributed by atoms with Gasteiger partial charge in [-0.15, -0.1) is 0 Å². The highest BCUT2D eigenvalue weighted by molar-refractivity contribution is 6.30. The maximum atomic E-state index is 11.2. The molecular formula is C14H20ClNO2. The second-order valence-corrected chi connectivity index (χ2v) is 5.40. The van der Waals surface area contributed by atoms with E-state index in [1.165, 1.54) is 0 Å². The minimum Gasteiger partial charge on any atom is -0.480 e. The van der Waals surface area contributed by atoms with E-state index in [9.17, 15) is 9.90 Å². The highest BCUT2D eigenvalue weighted by Gasteiger charge is 2.21. The van der Waals surface area contributed by atoms with Crippen LogP contribution in [0.1, 0.15) is 38.8 Å². The molecule has 0 aliphatic carbocycles. The van der Waals surface area contributed by atoms with Crippen LogP contribution in [0.25, 0.3) is 0 Å². The fourth-order valence-electron chi connectivity index (χ4n) is 1.86. The predicted octanol–water partition coefficient (Wildman–Crippen LogP) is 3.49. The van der Waals surface area contributed by atoms with Crippen LogP contribution >= 0.6 is 11.6 Å². The largest absolute Gasteiger partial charge is 0.480 e. The van der Waals surface area contributed by atoms with E-state index >= 15 is 0 Å². The summed E-state index contributed by atoms with van der Waals surface area (Å²) in [5.41, 5.74) is 1.04. The maximum Gasteiger partial charge on any atom is 0.320 e. The summed E-state index contributed by atoms with van der Waals surface area (Å²) in [6.07, 6.45) is 0.618. The van der Waals surface area contributed by atoms with Crippen LogP contribution < -0.4 is 5.32 Å². The minimum absolute atomic E-state index is 0.0119. The van der Waals surface area contributed by atoms with Crippen molar-refractivity contribution in [1.29, 1.82) is 0 Å². The summed E-state index contributed by atoms with van der Waals surface area (Å²) in [4.78, 5) is 11.2. The van der Waals surface area contributed by atoms with Crippen molar-refractivity contribution in [3.8, 4) is 0 Å². The van der Waals surface area contributed by atoms with Gasteiger partial charge in [0.25, 0.3) is 0 Å². The third-order valence-corrected chi connectivity index (χ3v) is 3.08. The normalized spacial score (nSPS) is 14.5. The lowest BCUT2D eigenvalue weighted by Crippen LogP contribution is -2.39. The molecule has 2 atom stereocenters. The summed E-state index contributed by atoms with van der Waals surface area (Å²) in [6.45, 7) is 5.99. The molecule has 1 rings (SSSR count). The van der Waals surface area contributed by atoms with Crippen LogP contribution in [0.3, 0.4) is 0 Å². The van der Waals surface area contributed by atoms with Gasteiger partial charge in [-0.05, 0) is 37.0 Å². The lowest BCUT2D eigenvalue weighted by molar-refractivity contribution is -0.140. The Bertz CT molecular complexity index is 389. The molecule has 0 fully saturated rings. The van der Waals surface area contributed by atoms with Crippen LogP contribution in [0, 0.1) is 5.92 Å². The summed E-state index contributed by atoms with van der Waals surface area (Å²) in [5.74, 6) is -0.458. The Balaban J connectivity index is 2.68. The summed E-state index contributed by atoms with van der Waals surface area (Å²) in [6, 6.07) is 6.92. The van der Waals surface area contributed by atoms with E-state index in [4.69, 9.17) is 11.6 Å². The zero-order valence-electron chi connectivity index (χ0n) is 11.0. The van der Waals surface area contributed by atoms with Gasteiger partial charge < -0.3 is 5.11 Å². The van der Waals surface area contributed by atoms with Gasteiger partial charge in [-0.25, -0.2) is 0 Å². The Labute approximate surface area is 113 Å². The molecule has 2 unspecified atom stereocenters. The molecule has 0 saturated carbocycles. The van der Waals surface area contributed by atoms with E-state index in [0.717, 1.165) is 5.56 Å². The fraction of sp³-hybridized carbons (Fsp3) is 0.500. The number of hydrogen-bond acceptors (Lipinski definition) is 2. The number of nitrogens with one attached hydrogen (secondary N) is 1. The molecule has 0 amide bonds. The Morgan fingerprint density at radius 3 is 2.28 bits per heavy atom. The number of rotatable bonds is 6. The third-order valence-electron chi connectivity index (χ3n) is 2.83. The summed E-state index contributed by atoms with van der Waals surface area (Å²) < 4.78 is 0. The van der Waals surface area contributed by atoms with Crippen molar-refractivity contribution in [2.75, 3.05) is 0 Å². The van der Waals surface area contributed by atoms with Crippen molar-refractivity contribution in [1.82, 2.24) is 5.32 Å². The first kappa shape index (κ1) is 15.0. The number of benzene rings is 1. The highest BCUT2D eigenvalue weighted by Crippen LogP contribution is 2.18. The molecule has 0 saturated heterocycles. The zero-order chi connectivity index (χ0) is 13.7. The third kappa shape index (κ3) is 4.67. The number of carboxylic acids is 1. The maximum absolute atomic E-state index is 11.2. The second kappa shape index (κ2) is 6.76. The van der Waals surface area contributed by atoms with Crippen LogP contribution in [0.4, 0.5) is 0 Å². The van der Waals surface area contributed by atoms with Crippen LogP contribution in [-0.4, -0.2) is 17.1 Å². The first-order valence-corrected chi connectivity index (χ1v) is 6.52. The average Bonchev–Trinajstić information content (AvgIpc) is 2.28. The monoisotopic (exact) mass is 269 g/mol. The van der Waals surface area contributed by atoms with Crippen LogP contribution in [0.15, 0.2) is 24.3 Å². The summed E-state index contributed by atoms with van der Waals surface area (Å²) in [5, 5.41) is 13.0. The molecule has 100 valence electrons. The van der Waals surface area contributed by atoms with E-state index in [2.05, 4.69) is 5.32 Å². The van der Waals surface area contributed by atoms with Crippen molar-refractivity contribution in [3.63, 3.8) is 0 Å². The number of halogens is 1. The first-order valence-electron chi connectivity index (χ1n) is 6.14. The van der Waals surface area contributed by atoms with E-state index < -0.39 is 12.0 Å². The molecule has 0 spiro atoms. The smallest absolute Gasteiger partial charge is 0.320 e. The van der Waals surface area contributed by atoms with E-state index in [0.29, 0.717) is 17.4 Å². The summed E-state index contributed by atoms with van der Waals surface area (Å²) in [7, 11) is 0. The lowest BCUT2D eigenvalue weighted by Gasteiger charge is -2.22. The molecule has 0 heterocycles. The van der Waals surface area contributed by atoms with Gasteiger partial charge in [-0.3, -0.25) is 10.1 Å². The molecule has 1 aromatic carbocycles. The SMILES string of the molecule is CC(C)CC(NC(C)c1ccc(Cl)cc1)C(=O)O. The van der Waals surface area contributed by atoms with Crippen molar-refractivity contribution in [2.45, 2.75) is 39.3 Å². The predicted molar refractivity (Wildman–Crippen MR) is 73.9 cm³/mol. The Morgan fingerprint density at radius 2 is 1.83 bits per heavy atom. The zero-order valence-corrected chi connectivity index (χ0v) is 11.7. The number of aliphatic carboxylic acids is 1. The van der Waals surface area contributed by atoms with Crippen molar-refractivity contribution in [2.24, 2.45) is 5.92 Å². The molecule has 2 N–H and O–H groups in total. The van der Waals surface area contributed by atoms with Gasteiger partial charge in [0.05, 0.1) is 0 Å². The van der Waals surface area contributed by atoms with Gasteiger partial charge in [0.2, 0.25) is 0 Å². The molecule has 1 aromatic rings. The van der Waals surface area contributed by atoms with Gasteiger partial charge in [0.15, 0.2) is 0 Å². The molecule has 4 heteroatoms. The minimum atomic E-state index is -0.801. The molecular weight excluding hydrogens is 250 g/mol. The van der Waals surface area contributed by atoms with Gasteiger partial charge in [0, 0.05) is 11.1 Å².